The van der Waals surface area contributed by atoms with Gasteiger partial charge in [0.15, 0.2) is 24.0 Å². The zero-order valence-corrected chi connectivity index (χ0v) is 12.2. The van der Waals surface area contributed by atoms with Crippen LogP contribution < -0.4 is 5.73 Å². The van der Waals surface area contributed by atoms with Gasteiger partial charge in [0.1, 0.15) is 11.8 Å². The number of ether oxygens (including phenoxy) is 2. The highest BCUT2D eigenvalue weighted by molar-refractivity contribution is 7.46. The lowest BCUT2D eigenvalue weighted by Gasteiger charge is -2.13. The van der Waals surface area contributed by atoms with E-state index in [2.05, 4.69) is 19.5 Å². The van der Waals surface area contributed by atoms with Crippen molar-refractivity contribution in [3.05, 3.63) is 12.7 Å². The summed E-state index contributed by atoms with van der Waals surface area (Å²) in [5.41, 5.74) is 6.71. The molecule has 1 fully saturated rings. The van der Waals surface area contributed by atoms with Crippen LogP contribution in [0.25, 0.3) is 11.2 Å². The van der Waals surface area contributed by atoms with Crippen LogP contribution in [0.15, 0.2) is 12.7 Å². The van der Waals surface area contributed by atoms with E-state index >= 15 is 0 Å². The monoisotopic (exact) mass is 331 g/mol. The fourth-order valence-electron chi connectivity index (χ4n) is 2.09. The minimum Gasteiger partial charge on any atom is -0.382 e. The van der Waals surface area contributed by atoms with Gasteiger partial charge in [-0.05, 0) is 0 Å². The average molecular weight is 331 g/mol. The predicted octanol–water partition coefficient (Wildman–Crippen LogP) is -0.221. The lowest BCUT2D eigenvalue weighted by Crippen LogP contribution is -2.14. The molecule has 2 aromatic rings. The molecular formula is C10H14N5O6P. The molecule has 3 rings (SSSR count). The van der Waals surface area contributed by atoms with Crippen LogP contribution in [-0.2, 0) is 18.6 Å². The number of phosphoric ester groups is 1. The molecule has 0 aliphatic carbocycles. The number of rotatable bonds is 5. The van der Waals surface area contributed by atoms with Crippen molar-refractivity contribution in [2.45, 2.75) is 18.9 Å². The third-order valence-corrected chi connectivity index (χ3v) is 3.56. The summed E-state index contributed by atoms with van der Waals surface area (Å²) in [6, 6.07) is 0. The fourth-order valence-corrected chi connectivity index (χ4v) is 2.43. The van der Waals surface area contributed by atoms with Gasteiger partial charge in [-0.3, -0.25) is 9.09 Å². The van der Waals surface area contributed by atoms with Gasteiger partial charge in [0.05, 0.1) is 19.5 Å². The van der Waals surface area contributed by atoms with Crippen LogP contribution in [0.3, 0.4) is 0 Å². The Morgan fingerprint density at radius 1 is 1.45 bits per heavy atom. The van der Waals surface area contributed by atoms with Crippen molar-refractivity contribution < 1.29 is 28.3 Å². The van der Waals surface area contributed by atoms with Crippen LogP contribution in [0.1, 0.15) is 12.6 Å². The summed E-state index contributed by atoms with van der Waals surface area (Å²) in [4.78, 5) is 29.3. The second-order valence-electron chi connectivity index (χ2n) is 4.55. The van der Waals surface area contributed by atoms with Crippen LogP contribution in [0, 0.1) is 0 Å². The molecule has 2 aromatic heterocycles. The van der Waals surface area contributed by atoms with Crippen LogP contribution in [0.5, 0.6) is 0 Å². The molecule has 2 atom stereocenters. The zero-order chi connectivity index (χ0) is 15.7. The summed E-state index contributed by atoms with van der Waals surface area (Å²) in [5, 5.41) is 0. The molecule has 1 aliphatic rings. The molecule has 0 spiro atoms. The van der Waals surface area contributed by atoms with Crippen molar-refractivity contribution in [2.75, 3.05) is 18.9 Å². The molecule has 0 radical (unpaired) electrons. The van der Waals surface area contributed by atoms with E-state index in [9.17, 15) is 4.57 Å². The van der Waals surface area contributed by atoms with E-state index < -0.39 is 20.3 Å². The maximum atomic E-state index is 10.6. The smallest absolute Gasteiger partial charge is 0.382 e. The van der Waals surface area contributed by atoms with Crippen LogP contribution in [0.2, 0.25) is 0 Å². The van der Waals surface area contributed by atoms with Crippen LogP contribution >= 0.6 is 7.82 Å². The topological polar surface area (TPSA) is 155 Å². The van der Waals surface area contributed by atoms with Gasteiger partial charge in [0, 0.05) is 6.42 Å². The molecule has 11 nitrogen and oxygen atoms in total. The second kappa shape index (κ2) is 5.88. The minimum atomic E-state index is -4.48. The molecule has 0 bridgehead atoms. The standard InChI is InChI=1S/C10H14N5O6P/c11-9-8-10(13-4-12-9)15(5-14-8)6-3-19-7(21-6)1-2-20-22(16,17)18/h4-7H,1-3H2,(H2,11,12,13)(H2,16,17,18)/t6-,7-/m1/s1. The maximum absolute atomic E-state index is 10.6. The molecule has 12 heteroatoms. The highest BCUT2D eigenvalue weighted by Gasteiger charge is 2.29. The Morgan fingerprint density at radius 3 is 3.05 bits per heavy atom. The summed E-state index contributed by atoms with van der Waals surface area (Å²) in [6.07, 6.45) is 1.95. The van der Waals surface area contributed by atoms with Gasteiger partial charge in [-0.2, -0.15) is 0 Å². The molecule has 0 saturated carbocycles. The maximum Gasteiger partial charge on any atom is 0.469 e. The highest BCUT2D eigenvalue weighted by atomic mass is 31.2. The van der Waals surface area contributed by atoms with E-state index in [1.807, 2.05) is 0 Å². The predicted molar refractivity (Wildman–Crippen MR) is 72.2 cm³/mol. The highest BCUT2D eigenvalue weighted by Crippen LogP contribution is 2.36. The SMILES string of the molecule is Nc1ncnc2c1ncn2[C@H]1CO[C@@H](CCOP(=O)(O)O)O1. The number of fused-ring (bicyclic) bond motifs is 1. The van der Waals surface area contributed by atoms with Gasteiger partial charge in [-0.1, -0.05) is 0 Å². The summed E-state index contributed by atoms with van der Waals surface area (Å²) in [5.74, 6) is 0.272. The van der Waals surface area contributed by atoms with Gasteiger partial charge in [-0.15, -0.1) is 0 Å². The number of hydrogen-bond donors (Lipinski definition) is 3. The summed E-state index contributed by atoms with van der Waals surface area (Å²) < 4.78 is 27.6. The van der Waals surface area contributed by atoms with E-state index in [0.717, 1.165) is 0 Å². The molecule has 1 saturated heterocycles. The van der Waals surface area contributed by atoms with Crippen molar-refractivity contribution in [1.82, 2.24) is 19.5 Å². The molecule has 4 N–H and O–H groups in total. The van der Waals surface area contributed by atoms with Gasteiger partial charge >= 0.3 is 7.82 Å². The number of hydrogen-bond acceptors (Lipinski definition) is 8. The van der Waals surface area contributed by atoms with E-state index in [0.29, 0.717) is 11.2 Å². The van der Waals surface area contributed by atoms with Gasteiger partial charge in [0.2, 0.25) is 0 Å². The average Bonchev–Trinajstić information content (AvgIpc) is 3.04. The van der Waals surface area contributed by atoms with Crippen molar-refractivity contribution in [3.8, 4) is 0 Å². The van der Waals surface area contributed by atoms with E-state index in [-0.39, 0.29) is 25.5 Å². The first-order valence-corrected chi connectivity index (χ1v) is 7.87. The third kappa shape index (κ3) is 3.24. The second-order valence-corrected chi connectivity index (χ2v) is 5.79. The number of nitrogen functional groups attached to an aromatic ring is 1. The Morgan fingerprint density at radius 2 is 2.27 bits per heavy atom. The third-order valence-electron chi connectivity index (χ3n) is 3.04. The van der Waals surface area contributed by atoms with Crippen molar-refractivity contribution >= 4 is 24.8 Å². The van der Waals surface area contributed by atoms with Crippen LogP contribution in [0.4, 0.5) is 5.82 Å². The van der Waals surface area contributed by atoms with Crippen LogP contribution in [-0.4, -0.2) is 48.8 Å². The normalized spacial score (nSPS) is 22.5. The molecule has 1 aliphatic heterocycles. The molecular weight excluding hydrogens is 317 g/mol. The molecule has 3 heterocycles. The Bertz CT molecular complexity index is 717. The number of phosphoric acid groups is 1. The molecule has 120 valence electrons. The van der Waals surface area contributed by atoms with Gasteiger partial charge < -0.3 is 25.0 Å². The number of anilines is 1. The van der Waals surface area contributed by atoms with E-state index in [1.54, 1.807) is 4.57 Å². The zero-order valence-electron chi connectivity index (χ0n) is 11.3. The first-order valence-electron chi connectivity index (χ1n) is 6.34. The van der Waals surface area contributed by atoms with E-state index in [1.165, 1.54) is 12.7 Å². The molecule has 0 amide bonds. The lowest BCUT2D eigenvalue weighted by atomic mass is 10.4. The van der Waals surface area contributed by atoms with Gasteiger partial charge in [-0.25, -0.2) is 19.5 Å². The molecule has 22 heavy (non-hydrogen) atoms. The minimum absolute atomic E-state index is 0.179. The van der Waals surface area contributed by atoms with Gasteiger partial charge in [0.25, 0.3) is 0 Å². The lowest BCUT2D eigenvalue weighted by molar-refractivity contribution is -0.0806. The van der Waals surface area contributed by atoms with Crippen molar-refractivity contribution in [1.29, 1.82) is 0 Å². The Hall–Kier alpha value is -1.62. The Kier molecular flexibility index (Phi) is 4.08. The fraction of sp³-hybridized carbons (Fsp3) is 0.500. The summed E-state index contributed by atoms with van der Waals surface area (Å²) in [6.45, 7) is 0.0669. The molecule has 0 unspecified atom stereocenters. The van der Waals surface area contributed by atoms with Crippen molar-refractivity contribution in [3.63, 3.8) is 0 Å². The Labute approximate surface area is 124 Å². The Balaban J connectivity index is 1.65. The van der Waals surface area contributed by atoms with E-state index in [4.69, 9.17) is 25.0 Å². The molecule has 0 aromatic carbocycles. The summed E-state index contributed by atoms with van der Waals surface area (Å²) in [7, 11) is -4.48. The first-order chi connectivity index (χ1) is 10.4. The largest absolute Gasteiger partial charge is 0.469 e. The number of imidazole rings is 1. The summed E-state index contributed by atoms with van der Waals surface area (Å²) >= 11 is 0. The first kappa shape index (κ1) is 15.3. The van der Waals surface area contributed by atoms with Crippen molar-refractivity contribution in [2.24, 2.45) is 0 Å². The number of aromatic nitrogens is 4. The quantitative estimate of drug-likeness (QED) is 0.626. The number of nitrogens with zero attached hydrogens (tertiary/aromatic N) is 4. The number of nitrogens with two attached hydrogens (primary N) is 1.